The van der Waals surface area contributed by atoms with E-state index in [1.54, 1.807) is 12.1 Å². The lowest BCUT2D eigenvalue weighted by atomic mass is 9.77. The molecular weight excluding hydrogens is 345 g/mol. The normalized spacial score (nSPS) is 19.3. The van der Waals surface area contributed by atoms with E-state index in [9.17, 15) is 4.39 Å². The van der Waals surface area contributed by atoms with E-state index in [0.717, 1.165) is 12.3 Å². The van der Waals surface area contributed by atoms with Crippen molar-refractivity contribution in [2.45, 2.75) is 77.0 Å². The van der Waals surface area contributed by atoms with E-state index >= 15 is 0 Å². The van der Waals surface area contributed by atoms with Crippen LogP contribution in [0.1, 0.15) is 86.5 Å². The average molecular weight is 378 g/mol. The Labute approximate surface area is 169 Å². The van der Waals surface area contributed by atoms with Gasteiger partial charge < -0.3 is 0 Å². The molecule has 1 saturated carbocycles. The highest BCUT2D eigenvalue weighted by atomic mass is 19.1. The Bertz CT molecular complexity index is 779. The molecular formula is C26H32FN. The zero-order valence-electron chi connectivity index (χ0n) is 17.1. The van der Waals surface area contributed by atoms with Crippen molar-refractivity contribution in [1.29, 1.82) is 5.26 Å². The number of unbranched alkanes of at least 4 members (excludes halogenated alkanes) is 2. The number of rotatable bonds is 8. The van der Waals surface area contributed by atoms with E-state index in [1.807, 2.05) is 6.07 Å². The number of aryl methyl sites for hydroxylation is 2. The van der Waals surface area contributed by atoms with Crippen LogP contribution in [-0.2, 0) is 12.8 Å². The van der Waals surface area contributed by atoms with E-state index in [-0.39, 0.29) is 5.82 Å². The van der Waals surface area contributed by atoms with Crippen molar-refractivity contribution in [3.63, 3.8) is 0 Å². The van der Waals surface area contributed by atoms with Gasteiger partial charge in [-0.15, -0.1) is 0 Å². The minimum absolute atomic E-state index is 0.272. The molecule has 2 aromatic carbocycles. The molecule has 2 heteroatoms. The molecule has 1 aliphatic carbocycles. The first-order valence-corrected chi connectivity index (χ1v) is 11.0. The zero-order chi connectivity index (χ0) is 19.8. The molecule has 0 spiro atoms. The molecule has 3 rings (SSSR count). The fourth-order valence-electron chi connectivity index (χ4n) is 4.52. The van der Waals surface area contributed by atoms with Gasteiger partial charge in [-0.05, 0) is 79.2 Å². The van der Waals surface area contributed by atoms with Crippen LogP contribution in [0.15, 0.2) is 42.5 Å². The summed E-state index contributed by atoms with van der Waals surface area (Å²) in [7, 11) is 0. The Morgan fingerprint density at radius 3 is 2.36 bits per heavy atom. The summed E-state index contributed by atoms with van der Waals surface area (Å²) in [6.45, 7) is 2.28. The summed E-state index contributed by atoms with van der Waals surface area (Å²) in [6.07, 6.45) is 12.4. The van der Waals surface area contributed by atoms with E-state index in [1.165, 1.54) is 68.6 Å². The lowest BCUT2D eigenvalue weighted by Gasteiger charge is -2.29. The van der Waals surface area contributed by atoms with Gasteiger partial charge in [0.25, 0.3) is 0 Å². The summed E-state index contributed by atoms with van der Waals surface area (Å²) in [5.74, 6) is 1.39. The fourth-order valence-corrected chi connectivity index (χ4v) is 4.52. The molecule has 0 saturated heterocycles. The van der Waals surface area contributed by atoms with Crippen LogP contribution in [0.2, 0.25) is 0 Å². The Balaban J connectivity index is 1.48. The van der Waals surface area contributed by atoms with Crippen molar-refractivity contribution in [3.8, 4) is 6.07 Å². The first-order valence-electron chi connectivity index (χ1n) is 11.0. The standard InChI is InChI=1S/C26H32FN/c1-2-3-4-5-20-6-12-23(13-7-20)24-14-8-21(9-15-24)10-16-25-17-11-22(19-28)18-26(25)27/h8-9,11,14-15,17-18,20,23H,2-7,10,12-13,16H2,1H3. The second-order valence-electron chi connectivity index (χ2n) is 8.37. The summed E-state index contributed by atoms with van der Waals surface area (Å²) in [6, 6.07) is 15.7. The Morgan fingerprint density at radius 1 is 0.964 bits per heavy atom. The molecule has 0 aliphatic heterocycles. The summed E-state index contributed by atoms with van der Waals surface area (Å²) in [5.41, 5.74) is 3.79. The second-order valence-corrected chi connectivity index (χ2v) is 8.37. The van der Waals surface area contributed by atoms with Crippen LogP contribution < -0.4 is 0 Å². The molecule has 28 heavy (non-hydrogen) atoms. The van der Waals surface area contributed by atoms with Gasteiger partial charge in [0.05, 0.1) is 11.6 Å². The van der Waals surface area contributed by atoms with Crippen molar-refractivity contribution >= 4 is 0 Å². The molecule has 0 heterocycles. The van der Waals surface area contributed by atoms with Gasteiger partial charge in [-0.3, -0.25) is 0 Å². The van der Waals surface area contributed by atoms with E-state index in [4.69, 9.17) is 5.26 Å². The molecule has 0 atom stereocenters. The monoisotopic (exact) mass is 377 g/mol. The predicted octanol–water partition coefficient (Wildman–Crippen LogP) is 7.34. The minimum Gasteiger partial charge on any atom is -0.207 e. The molecule has 1 fully saturated rings. The third kappa shape index (κ3) is 5.68. The number of hydrogen-bond acceptors (Lipinski definition) is 1. The highest BCUT2D eigenvalue weighted by molar-refractivity contribution is 5.33. The van der Waals surface area contributed by atoms with Crippen molar-refractivity contribution in [1.82, 2.24) is 0 Å². The van der Waals surface area contributed by atoms with Crippen molar-refractivity contribution < 1.29 is 4.39 Å². The lowest BCUT2D eigenvalue weighted by molar-refractivity contribution is 0.303. The highest BCUT2D eigenvalue weighted by Crippen LogP contribution is 2.37. The van der Waals surface area contributed by atoms with Crippen molar-refractivity contribution in [2.75, 3.05) is 0 Å². The zero-order valence-corrected chi connectivity index (χ0v) is 17.1. The maximum absolute atomic E-state index is 14.0. The maximum atomic E-state index is 14.0. The number of nitriles is 1. The number of benzene rings is 2. The molecule has 0 aromatic heterocycles. The molecule has 0 N–H and O–H groups in total. The number of nitrogens with zero attached hydrogens (tertiary/aromatic N) is 1. The SMILES string of the molecule is CCCCCC1CCC(c2ccc(CCc3ccc(C#N)cc3F)cc2)CC1. The fraction of sp³-hybridized carbons (Fsp3) is 0.500. The van der Waals surface area contributed by atoms with E-state index in [0.29, 0.717) is 23.5 Å². The quantitative estimate of drug-likeness (QED) is 0.442. The van der Waals surface area contributed by atoms with Gasteiger partial charge >= 0.3 is 0 Å². The Kier molecular flexibility index (Phi) is 7.66. The molecule has 2 aromatic rings. The Morgan fingerprint density at radius 2 is 1.71 bits per heavy atom. The minimum atomic E-state index is -0.272. The Hall–Kier alpha value is -2.14. The first-order chi connectivity index (χ1) is 13.7. The van der Waals surface area contributed by atoms with Crippen LogP contribution in [0.25, 0.3) is 0 Å². The largest absolute Gasteiger partial charge is 0.207 e. The molecule has 0 amide bonds. The maximum Gasteiger partial charge on any atom is 0.127 e. The van der Waals surface area contributed by atoms with Gasteiger partial charge in [-0.25, -0.2) is 4.39 Å². The predicted molar refractivity (Wildman–Crippen MR) is 114 cm³/mol. The van der Waals surface area contributed by atoms with Crippen molar-refractivity contribution in [2.24, 2.45) is 5.92 Å². The summed E-state index contributed by atoms with van der Waals surface area (Å²) < 4.78 is 14.0. The molecule has 0 unspecified atom stereocenters. The second kappa shape index (κ2) is 10.4. The number of halogens is 1. The molecule has 148 valence electrons. The van der Waals surface area contributed by atoms with Crippen LogP contribution in [0.5, 0.6) is 0 Å². The average Bonchev–Trinajstić information content (AvgIpc) is 2.74. The molecule has 1 nitrogen and oxygen atoms in total. The smallest absolute Gasteiger partial charge is 0.127 e. The van der Waals surface area contributed by atoms with Crippen LogP contribution >= 0.6 is 0 Å². The topological polar surface area (TPSA) is 23.8 Å². The van der Waals surface area contributed by atoms with Gasteiger partial charge in [-0.2, -0.15) is 5.26 Å². The van der Waals surface area contributed by atoms with Gasteiger partial charge in [0.1, 0.15) is 5.82 Å². The third-order valence-electron chi connectivity index (χ3n) is 6.38. The van der Waals surface area contributed by atoms with Crippen LogP contribution in [0.4, 0.5) is 4.39 Å². The summed E-state index contributed by atoms with van der Waals surface area (Å²) >= 11 is 0. The van der Waals surface area contributed by atoms with Crippen LogP contribution in [-0.4, -0.2) is 0 Å². The third-order valence-corrected chi connectivity index (χ3v) is 6.38. The van der Waals surface area contributed by atoms with Crippen LogP contribution in [0, 0.1) is 23.1 Å². The van der Waals surface area contributed by atoms with Gasteiger partial charge in [0, 0.05) is 0 Å². The molecule has 1 aliphatic rings. The number of hydrogen-bond donors (Lipinski definition) is 0. The lowest BCUT2D eigenvalue weighted by Crippen LogP contribution is -2.13. The van der Waals surface area contributed by atoms with E-state index < -0.39 is 0 Å². The molecule has 0 bridgehead atoms. The van der Waals surface area contributed by atoms with Crippen LogP contribution in [0.3, 0.4) is 0 Å². The van der Waals surface area contributed by atoms with Gasteiger partial charge in [0.15, 0.2) is 0 Å². The highest BCUT2D eigenvalue weighted by Gasteiger charge is 2.21. The summed E-state index contributed by atoms with van der Waals surface area (Å²) in [5, 5.41) is 8.84. The van der Waals surface area contributed by atoms with Crippen molar-refractivity contribution in [3.05, 3.63) is 70.5 Å². The molecule has 0 radical (unpaired) electrons. The van der Waals surface area contributed by atoms with Gasteiger partial charge in [-0.1, -0.05) is 62.9 Å². The van der Waals surface area contributed by atoms with Gasteiger partial charge in [0.2, 0.25) is 0 Å². The first kappa shape index (κ1) is 20.6. The summed E-state index contributed by atoms with van der Waals surface area (Å²) in [4.78, 5) is 0. The van der Waals surface area contributed by atoms with E-state index in [2.05, 4.69) is 31.2 Å².